The normalized spacial score (nSPS) is 46.9. The second kappa shape index (κ2) is 1.34. The Bertz CT molecular complexity index is 171. The Morgan fingerprint density at radius 1 is 1.78 bits per heavy atom. The Balaban J connectivity index is 2.22. The van der Waals surface area contributed by atoms with Crippen LogP contribution in [0.5, 0.6) is 0 Å². The third-order valence-corrected chi connectivity index (χ3v) is 2.33. The number of hydrogen-bond donors (Lipinski definition) is 0. The van der Waals surface area contributed by atoms with Crippen molar-refractivity contribution >= 4 is 0 Å². The zero-order valence-electron chi connectivity index (χ0n) is 5.98. The molecule has 0 spiro atoms. The standard InChI is InChI=1S/C8H12O/c1-6-3-4-8(2)7(5-6)9-8/h5-6H,3-4H2,1-2H3. The summed E-state index contributed by atoms with van der Waals surface area (Å²) < 4.78 is 5.40. The van der Waals surface area contributed by atoms with Crippen LogP contribution in [-0.2, 0) is 4.74 Å². The van der Waals surface area contributed by atoms with Crippen molar-refractivity contribution in [2.24, 2.45) is 5.92 Å². The van der Waals surface area contributed by atoms with E-state index in [9.17, 15) is 0 Å². The fourth-order valence-corrected chi connectivity index (χ4v) is 1.45. The van der Waals surface area contributed by atoms with Gasteiger partial charge in [0.25, 0.3) is 0 Å². The van der Waals surface area contributed by atoms with Gasteiger partial charge in [0.1, 0.15) is 5.76 Å². The molecule has 0 radical (unpaired) electrons. The highest BCUT2D eigenvalue weighted by Crippen LogP contribution is 2.48. The SMILES string of the molecule is CC1C=C2OC2(C)CC1. The predicted octanol–water partition coefficient (Wildman–Crippen LogP) is 2.09. The van der Waals surface area contributed by atoms with Crippen molar-refractivity contribution in [3.63, 3.8) is 0 Å². The largest absolute Gasteiger partial charge is 0.480 e. The lowest BCUT2D eigenvalue weighted by atomic mass is 9.91. The fraction of sp³-hybridized carbons (Fsp3) is 0.750. The summed E-state index contributed by atoms with van der Waals surface area (Å²) in [4.78, 5) is 0. The first kappa shape index (κ1) is 5.33. The third-order valence-electron chi connectivity index (χ3n) is 2.33. The van der Waals surface area contributed by atoms with Crippen molar-refractivity contribution in [2.75, 3.05) is 0 Å². The molecule has 0 bridgehead atoms. The molecule has 1 heterocycles. The van der Waals surface area contributed by atoms with E-state index in [2.05, 4.69) is 19.9 Å². The summed E-state index contributed by atoms with van der Waals surface area (Å²) in [6.45, 7) is 4.42. The van der Waals surface area contributed by atoms with Crippen LogP contribution in [0.15, 0.2) is 11.8 Å². The fourth-order valence-electron chi connectivity index (χ4n) is 1.45. The van der Waals surface area contributed by atoms with Gasteiger partial charge in [0.15, 0.2) is 5.60 Å². The first-order chi connectivity index (χ1) is 4.21. The molecular weight excluding hydrogens is 112 g/mol. The monoisotopic (exact) mass is 124 g/mol. The average Bonchev–Trinajstić information content (AvgIpc) is 2.41. The Kier molecular flexibility index (Phi) is 0.792. The van der Waals surface area contributed by atoms with E-state index in [1.165, 1.54) is 18.6 Å². The molecule has 1 aliphatic carbocycles. The molecule has 0 amide bonds. The summed E-state index contributed by atoms with van der Waals surface area (Å²) in [7, 11) is 0. The minimum Gasteiger partial charge on any atom is -0.480 e. The topological polar surface area (TPSA) is 12.5 Å². The van der Waals surface area contributed by atoms with E-state index in [4.69, 9.17) is 4.74 Å². The van der Waals surface area contributed by atoms with Crippen LogP contribution in [0.2, 0.25) is 0 Å². The molecule has 9 heavy (non-hydrogen) atoms. The Morgan fingerprint density at radius 3 is 3.11 bits per heavy atom. The Labute approximate surface area is 55.7 Å². The molecule has 1 fully saturated rings. The van der Waals surface area contributed by atoms with E-state index in [0.717, 1.165) is 5.92 Å². The molecule has 0 aromatic carbocycles. The molecule has 2 aliphatic rings. The molecule has 0 saturated carbocycles. The summed E-state index contributed by atoms with van der Waals surface area (Å²) in [6, 6.07) is 0. The number of epoxide rings is 1. The molecule has 50 valence electrons. The number of hydrogen-bond acceptors (Lipinski definition) is 1. The van der Waals surface area contributed by atoms with Gasteiger partial charge < -0.3 is 4.74 Å². The summed E-state index contributed by atoms with van der Waals surface area (Å²) in [5, 5.41) is 0. The zero-order chi connectivity index (χ0) is 6.48. The summed E-state index contributed by atoms with van der Waals surface area (Å²) in [5.41, 5.74) is 0.187. The van der Waals surface area contributed by atoms with Crippen molar-refractivity contribution in [3.05, 3.63) is 11.8 Å². The van der Waals surface area contributed by atoms with Gasteiger partial charge in [-0.3, -0.25) is 0 Å². The molecular formula is C8H12O. The van der Waals surface area contributed by atoms with Crippen LogP contribution in [0.4, 0.5) is 0 Å². The minimum absolute atomic E-state index is 0.187. The van der Waals surface area contributed by atoms with E-state index < -0.39 is 0 Å². The van der Waals surface area contributed by atoms with E-state index in [-0.39, 0.29) is 5.60 Å². The predicted molar refractivity (Wildman–Crippen MR) is 36.0 cm³/mol. The first-order valence-corrected chi connectivity index (χ1v) is 3.62. The highest BCUT2D eigenvalue weighted by atomic mass is 16.6. The van der Waals surface area contributed by atoms with Crippen molar-refractivity contribution < 1.29 is 4.74 Å². The maximum Gasteiger partial charge on any atom is 0.162 e. The second-order valence-corrected chi connectivity index (χ2v) is 3.38. The van der Waals surface area contributed by atoms with Crippen molar-refractivity contribution in [1.82, 2.24) is 0 Å². The van der Waals surface area contributed by atoms with E-state index >= 15 is 0 Å². The van der Waals surface area contributed by atoms with Gasteiger partial charge in [0.2, 0.25) is 0 Å². The van der Waals surface area contributed by atoms with Crippen LogP contribution in [0.1, 0.15) is 26.7 Å². The lowest BCUT2D eigenvalue weighted by Gasteiger charge is -2.09. The van der Waals surface area contributed by atoms with Crippen molar-refractivity contribution in [2.45, 2.75) is 32.3 Å². The molecule has 1 nitrogen and oxygen atoms in total. The average molecular weight is 124 g/mol. The van der Waals surface area contributed by atoms with E-state index in [1.807, 2.05) is 0 Å². The quantitative estimate of drug-likeness (QED) is 0.450. The molecule has 0 N–H and O–H groups in total. The summed E-state index contributed by atoms with van der Waals surface area (Å²) in [6.07, 6.45) is 4.77. The van der Waals surface area contributed by atoms with Crippen LogP contribution < -0.4 is 0 Å². The number of fused-ring (bicyclic) bond motifs is 1. The molecule has 1 saturated heterocycles. The van der Waals surface area contributed by atoms with Gasteiger partial charge in [0.05, 0.1) is 0 Å². The maximum atomic E-state index is 5.40. The van der Waals surface area contributed by atoms with Gasteiger partial charge in [0, 0.05) is 0 Å². The summed E-state index contributed by atoms with van der Waals surface area (Å²) >= 11 is 0. The van der Waals surface area contributed by atoms with Gasteiger partial charge in [-0.05, 0) is 31.8 Å². The van der Waals surface area contributed by atoms with Gasteiger partial charge in [-0.1, -0.05) is 6.92 Å². The molecule has 1 aliphatic heterocycles. The first-order valence-electron chi connectivity index (χ1n) is 3.62. The molecule has 2 atom stereocenters. The van der Waals surface area contributed by atoms with Gasteiger partial charge in [-0.25, -0.2) is 0 Å². The van der Waals surface area contributed by atoms with Crippen LogP contribution in [0.3, 0.4) is 0 Å². The highest BCUT2D eigenvalue weighted by molar-refractivity contribution is 5.26. The van der Waals surface area contributed by atoms with E-state index in [1.54, 1.807) is 0 Å². The Morgan fingerprint density at radius 2 is 2.56 bits per heavy atom. The van der Waals surface area contributed by atoms with Crippen LogP contribution in [0.25, 0.3) is 0 Å². The molecule has 2 unspecified atom stereocenters. The van der Waals surface area contributed by atoms with Gasteiger partial charge in [-0.15, -0.1) is 0 Å². The van der Waals surface area contributed by atoms with Crippen LogP contribution in [-0.4, -0.2) is 5.60 Å². The van der Waals surface area contributed by atoms with Crippen LogP contribution in [0, 0.1) is 5.92 Å². The number of allylic oxidation sites excluding steroid dienone is 1. The maximum absolute atomic E-state index is 5.40. The highest BCUT2D eigenvalue weighted by Gasteiger charge is 2.49. The Hall–Kier alpha value is -0.460. The second-order valence-electron chi connectivity index (χ2n) is 3.38. The minimum atomic E-state index is 0.187. The lowest BCUT2D eigenvalue weighted by Crippen LogP contribution is -2.09. The third kappa shape index (κ3) is 0.673. The molecule has 1 heteroatoms. The number of ether oxygens (including phenoxy) is 1. The molecule has 0 aromatic rings. The van der Waals surface area contributed by atoms with Gasteiger partial charge in [-0.2, -0.15) is 0 Å². The van der Waals surface area contributed by atoms with Crippen molar-refractivity contribution in [1.29, 1.82) is 0 Å². The number of rotatable bonds is 0. The smallest absolute Gasteiger partial charge is 0.162 e. The van der Waals surface area contributed by atoms with Crippen LogP contribution >= 0.6 is 0 Å². The van der Waals surface area contributed by atoms with E-state index in [0.29, 0.717) is 0 Å². The van der Waals surface area contributed by atoms with Crippen molar-refractivity contribution in [3.8, 4) is 0 Å². The lowest BCUT2D eigenvalue weighted by molar-refractivity contribution is 0.307. The molecule has 2 rings (SSSR count). The summed E-state index contributed by atoms with van der Waals surface area (Å²) in [5.74, 6) is 1.98. The zero-order valence-corrected chi connectivity index (χ0v) is 5.98. The van der Waals surface area contributed by atoms with Gasteiger partial charge >= 0.3 is 0 Å². The molecule has 0 aromatic heterocycles.